The quantitative estimate of drug-likeness (QED) is 0.613. The van der Waals surface area contributed by atoms with Crippen LogP contribution in [0, 0.1) is 0 Å². The zero-order valence-electron chi connectivity index (χ0n) is 15.9. The SMILES string of the molecule is O=C(CN1CCC[C@H]1c1cccs1)N1CCC[C@@H](c2nc3ccccc3s2)C1. The zero-order valence-corrected chi connectivity index (χ0v) is 17.6. The fourth-order valence-electron chi connectivity index (χ4n) is 4.56. The molecule has 0 N–H and O–H groups in total. The van der Waals surface area contributed by atoms with Crippen LogP contribution in [0.1, 0.15) is 47.5 Å². The molecule has 2 aliphatic heterocycles. The van der Waals surface area contributed by atoms with E-state index in [2.05, 4.69) is 45.5 Å². The van der Waals surface area contributed by atoms with Gasteiger partial charge in [-0.05, 0) is 55.8 Å². The van der Waals surface area contributed by atoms with E-state index in [1.807, 2.05) is 17.4 Å². The predicted octanol–water partition coefficient (Wildman–Crippen LogP) is 4.90. The van der Waals surface area contributed by atoms with E-state index in [1.54, 1.807) is 11.3 Å². The van der Waals surface area contributed by atoms with E-state index in [0.717, 1.165) is 38.0 Å². The van der Waals surface area contributed by atoms with Crippen molar-refractivity contribution in [3.63, 3.8) is 0 Å². The summed E-state index contributed by atoms with van der Waals surface area (Å²) in [5.74, 6) is 0.663. The number of thiazole rings is 1. The Morgan fingerprint density at radius 2 is 2.00 bits per heavy atom. The minimum Gasteiger partial charge on any atom is -0.341 e. The molecule has 6 heteroatoms. The first-order valence-electron chi connectivity index (χ1n) is 10.2. The van der Waals surface area contributed by atoms with Gasteiger partial charge in [-0.15, -0.1) is 22.7 Å². The molecule has 1 amide bonds. The molecule has 0 spiro atoms. The first-order chi connectivity index (χ1) is 13.8. The largest absolute Gasteiger partial charge is 0.341 e. The first kappa shape index (κ1) is 18.3. The molecule has 2 aliphatic rings. The molecule has 4 heterocycles. The third-order valence-corrected chi connectivity index (χ3v) is 8.18. The van der Waals surface area contributed by atoms with E-state index in [4.69, 9.17) is 4.98 Å². The van der Waals surface area contributed by atoms with Crippen LogP contribution in [0.25, 0.3) is 10.2 Å². The Hall–Kier alpha value is -1.76. The molecule has 1 aromatic carbocycles. The van der Waals surface area contributed by atoms with E-state index in [9.17, 15) is 4.79 Å². The average Bonchev–Trinajstić information content (AvgIpc) is 3.47. The number of hydrogen-bond donors (Lipinski definition) is 0. The lowest BCUT2D eigenvalue weighted by Gasteiger charge is -2.34. The highest BCUT2D eigenvalue weighted by molar-refractivity contribution is 7.18. The van der Waals surface area contributed by atoms with Crippen LogP contribution in [0.3, 0.4) is 0 Å². The number of carbonyl (C=O) groups excluding carboxylic acids is 1. The number of aromatic nitrogens is 1. The van der Waals surface area contributed by atoms with Crippen molar-refractivity contribution in [1.29, 1.82) is 0 Å². The fourth-order valence-corrected chi connectivity index (χ4v) is 6.55. The summed E-state index contributed by atoms with van der Waals surface area (Å²) in [5.41, 5.74) is 1.09. The van der Waals surface area contributed by atoms with Gasteiger partial charge in [0.2, 0.25) is 5.91 Å². The van der Waals surface area contributed by atoms with Crippen LogP contribution >= 0.6 is 22.7 Å². The number of amides is 1. The zero-order chi connectivity index (χ0) is 18.9. The Bertz CT molecular complexity index is 919. The summed E-state index contributed by atoms with van der Waals surface area (Å²) in [5, 5.41) is 3.33. The van der Waals surface area contributed by atoms with E-state index < -0.39 is 0 Å². The number of likely N-dealkylation sites (tertiary alicyclic amines) is 2. The number of piperidine rings is 1. The summed E-state index contributed by atoms with van der Waals surface area (Å²) >= 11 is 3.60. The molecule has 2 aromatic heterocycles. The first-order valence-corrected chi connectivity index (χ1v) is 11.9. The lowest BCUT2D eigenvalue weighted by Crippen LogP contribution is -2.44. The number of carbonyl (C=O) groups is 1. The lowest BCUT2D eigenvalue weighted by atomic mass is 9.98. The molecule has 0 unspecified atom stereocenters. The van der Waals surface area contributed by atoms with Crippen molar-refractivity contribution < 1.29 is 4.79 Å². The molecule has 28 heavy (non-hydrogen) atoms. The van der Waals surface area contributed by atoms with Crippen LogP contribution in [0.4, 0.5) is 0 Å². The van der Waals surface area contributed by atoms with Gasteiger partial charge >= 0.3 is 0 Å². The molecular formula is C22H25N3OS2. The average molecular weight is 412 g/mol. The van der Waals surface area contributed by atoms with Crippen LogP contribution < -0.4 is 0 Å². The molecule has 0 saturated carbocycles. The summed E-state index contributed by atoms with van der Waals surface area (Å²) in [6.07, 6.45) is 4.55. The normalized spacial score (nSPS) is 23.5. The van der Waals surface area contributed by atoms with Crippen LogP contribution in [-0.2, 0) is 4.79 Å². The highest BCUT2D eigenvalue weighted by Gasteiger charge is 2.32. The maximum atomic E-state index is 13.1. The molecular weight excluding hydrogens is 386 g/mol. The summed E-state index contributed by atoms with van der Waals surface area (Å²) in [7, 11) is 0. The summed E-state index contributed by atoms with van der Waals surface area (Å²) in [6, 6.07) is 13.1. The van der Waals surface area contributed by atoms with Gasteiger partial charge in [-0.25, -0.2) is 4.98 Å². The van der Waals surface area contributed by atoms with Crippen molar-refractivity contribution >= 4 is 38.8 Å². The molecule has 5 rings (SSSR count). The summed E-state index contributed by atoms with van der Waals surface area (Å²) in [4.78, 5) is 23.8. The Morgan fingerprint density at radius 3 is 2.86 bits per heavy atom. The smallest absolute Gasteiger partial charge is 0.236 e. The number of para-hydroxylation sites is 1. The number of hydrogen-bond acceptors (Lipinski definition) is 5. The second kappa shape index (κ2) is 7.93. The summed E-state index contributed by atoms with van der Waals surface area (Å²) in [6.45, 7) is 3.28. The third kappa shape index (κ3) is 3.61. The van der Waals surface area contributed by atoms with Crippen molar-refractivity contribution in [1.82, 2.24) is 14.8 Å². The molecule has 146 valence electrons. The minimum atomic E-state index is 0.286. The van der Waals surface area contributed by atoms with Crippen molar-refractivity contribution in [2.45, 2.75) is 37.6 Å². The van der Waals surface area contributed by atoms with E-state index in [-0.39, 0.29) is 5.91 Å². The van der Waals surface area contributed by atoms with Crippen molar-refractivity contribution in [3.8, 4) is 0 Å². The maximum Gasteiger partial charge on any atom is 0.236 e. The van der Waals surface area contributed by atoms with Gasteiger partial charge in [-0.3, -0.25) is 9.69 Å². The fraction of sp³-hybridized carbons (Fsp3) is 0.455. The predicted molar refractivity (Wildman–Crippen MR) is 116 cm³/mol. The molecule has 0 radical (unpaired) electrons. The molecule has 3 aromatic rings. The van der Waals surface area contributed by atoms with Crippen LogP contribution in [0.15, 0.2) is 41.8 Å². The van der Waals surface area contributed by atoms with Crippen molar-refractivity contribution in [2.75, 3.05) is 26.2 Å². The van der Waals surface area contributed by atoms with Crippen LogP contribution in [0.5, 0.6) is 0 Å². The highest BCUT2D eigenvalue weighted by atomic mass is 32.1. The van der Waals surface area contributed by atoms with Gasteiger partial charge in [0.1, 0.15) is 0 Å². The Kier molecular flexibility index (Phi) is 5.18. The standard InChI is InChI=1S/C22H25N3OS2/c26-21(15-24-11-4-8-18(24)20-10-5-13-27-20)25-12-3-6-16(14-25)22-23-17-7-1-2-9-19(17)28-22/h1-2,5,7,9-10,13,16,18H,3-4,6,8,11-12,14-15H2/t16-,18+/m1/s1. The highest BCUT2D eigenvalue weighted by Crippen LogP contribution is 2.35. The van der Waals surface area contributed by atoms with Gasteiger partial charge < -0.3 is 4.90 Å². The van der Waals surface area contributed by atoms with Gasteiger partial charge in [0.25, 0.3) is 0 Å². The molecule has 2 fully saturated rings. The minimum absolute atomic E-state index is 0.286. The summed E-state index contributed by atoms with van der Waals surface area (Å²) < 4.78 is 1.25. The van der Waals surface area contributed by atoms with Crippen molar-refractivity contribution in [2.24, 2.45) is 0 Å². The molecule has 0 bridgehead atoms. The lowest BCUT2D eigenvalue weighted by molar-refractivity contribution is -0.133. The van der Waals surface area contributed by atoms with Gasteiger partial charge in [-0.1, -0.05) is 18.2 Å². The molecule has 2 atom stereocenters. The van der Waals surface area contributed by atoms with Crippen LogP contribution in [-0.4, -0.2) is 46.9 Å². The Morgan fingerprint density at radius 1 is 1.11 bits per heavy atom. The second-order valence-electron chi connectivity index (χ2n) is 7.84. The molecule has 0 aliphatic carbocycles. The van der Waals surface area contributed by atoms with Gasteiger partial charge in [0.05, 0.1) is 21.8 Å². The van der Waals surface area contributed by atoms with Crippen LogP contribution in [0.2, 0.25) is 0 Å². The second-order valence-corrected chi connectivity index (χ2v) is 9.88. The topological polar surface area (TPSA) is 36.4 Å². The molecule has 2 saturated heterocycles. The Balaban J connectivity index is 1.26. The number of benzene rings is 1. The van der Waals surface area contributed by atoms with Crippen molar-refractivity contribution in [3.05, 3.63) is 51.7 Å². The number of thiophene rings is 1. The van der Waals surface area contributed by atoms with Gasteiger partial charge in [0.15, 0.2) is 0 Å². The van der Waals surface area contributed by atoms with E-state index >= 15 is 0 Å². The third-order valence-electron chi connectivity index (χ3n) is 6.01. The maximum absolute atomic E-state index is 13.1. The molecule has 4 nitrogen and oxygen atoms in total. The van der Waals surface area contributed by atoms with Gasteiger partial charge in [-0.2, -0.15) is 0 Å². The van der Waals surface area contributed by atoms with E-state index in [1.165, 1.54) is 27.4 Å². The van der Waals surface area contributed by atoms with E-state index in [0.29, 0.717) is 18.5 Å². The number of rotatable bonds is 4. The Labute approximate surface area is 173 Å². The number of fused-ring (bicyclic) bond motifs is 1. The number of nitrogens with zero attached hydrogens (tertiary/aromatic N) is 3. The monoisotopic (exact) mass is 411 g/mol. The van der Waals surface area contributed by atoms with Gasteiger partial charge in [0, 0.05) is 29.9 Å².